The number of nitrogens with one attached hydrogen (secondary N) is 1. The molecule has 0 aliphatic carbocycles. The molecule has 24 heavy (non-hydrogen) atoms. The van der Waals surface area contributed by atoms with E-state index in [1.165, 1.54) is 126 Å². The van der Waals surface area contributed by atoms with Crippen molar-refractivity contribution in [1.82, 2.24) is 5.32 Å². The molecule has 0 heterocycles. The molecular formula is C21H49N2Si+. The number of rotatable bonds is 19. The highest BCUT2D eigenvalue weighted by atomic mass is 28.1. The Hall–Kier alpha value is 0.137. The Balaban J connectivity index is 3.00. The average molecular weight is 358 g/mol. The largest absolute Gasteiger partial charge is 0.331 e. The lowest BCUT2D eigenvalue weighted by Crippen LogP contribution is -2.35. The number of hydrogen-bond acceptors (Lipinski definition) is 1. The molecule has 0 bridgehead atoms. The Kier molecular flexibility index (Phi) is 18.0. The van der Waals surface area contributed by atoms with Crippen molar-refractivity contribution in [2.45, 2.75) is 95.9 Å². The highest BCUT2D eigenvalue weighted by molar-refractivity contribution is 6.08. The van der Waals surface area contributed by atoms with Gasteiger partial charge in [-0.05, 0) is 38.8 Å². The first-order valence-corrected chi connectivity index (χ1v) is 12.5. The van der Waals surface area contributed by atoms with E-state index >= 15 is 0 Å². The molecule has 0 unspecified atom stereocenters. The first-order chi connectivity index (χ1) is 11.6. The average Bonchev–Trinajstić information content (AvgIpc) is 2.52. The summed E-state index contributed by atoms with van der Waals surface area (Å²) in [4.78, 5) is 0. The summed E-state index contributed by atoms with van der Waals surface area (Å²) in [7, 11) is 8.26. The van der Waals surface area contributed by atoms with E-state index in [9.17, 15) is 0 Å². The highest BCUT2D eigenvalue weighted by Crippen LogP contribution is 2.12. The van der Waals surface area contributed by atoms with Crippen LogP contribution in [0, 0.1) is 0 Å². The molecule has 0 atom stereocenters. The maximum Gasteiger partial charge on any atom is 0.0780 e. The number of unbranched alkanes of at least 4 members (excludes halogenated alkanes) is 12. The third-order valence-corrected chi connectivity index (χ3v) is 5.60. The standard InChI is InChI=1S/C21H49N2Si/c1-23(2,3)20-16-14-12-10-8-6-4-5-7-9-11-13-15-18-22-19-17-21-24/h22H,4-21H2,1-3,24H3/q+1. The Morgan fingerprint density at radius 2 is 0.917 bits per heavy atom. The summed E-state index contributed by atoms with van der Waals surface area (Å²) in [5, 5.41) is 3.56. The summed E-state index contributed by atoms with van der Waals surface area (Å²) in [6.07, 6.45) is 20.2. The van der Waals surface area contributed by atoms with E-state index in [-0.39, 0.29) is 0 Å². The van der Waals surface area contributed by atoms with Crippen LogP contribution in [0.2, 0.25) is 6.04 Å². The summed E-state index contributed by atoms with van der Waals surface area (Å²) >= 11 is 0. The molecule has 1 N–H and O–H groups in total. The summed E-state index contributed by atoms with van der Waals surface area (Å²) in [6.45, 7) is 3.83. The first kappa shape index (κ1) is 24.1. The summed E-state index contributed by atoms with van der Waals surface area (Å²) in [6, 6.07) is 1.45. The molecule has 0 fully saturated rings. The highest BCUT2D eigenvalue weighted by Gasteiger charge is 2.04. The van der Waals surface area contributed by atoms with Crippen LogP contribution in [0.25, 0.3) is 0 Å². The molecule has 0 rings (SSSR count). The maximum atomic E-state index is 3.56. The van der Waals surface area contributed by atoms with Gasteiger partial charge in [-0.2, -0.15) is 0 Å². The van der Waals surface area contributed by atoms with E-state index in [1.807, 2.05) is 0 Å². The lowest BCUT2D eigenvalue weighted by Gasteiger charge is -2.23. The zero-order valence-corrected chi connectivity index (χ0v) is 19.7. The van der Waals surface area contributed by atoms with Gasteiger partial charge >= 0.3 is 0 Å². The van der Waals surface area contributed by atoms with Gasteiger partial charge in [-0.1, -0.05) is 70.3 Å². The summed E-state index contributed by atoms with van der Waals surface area (Å²) in [5.74, 6) is 0. The molecule has 2 nitrogen and oxygen atoms in total. The predicted molar refractivity (Wildman–Crippen MR) is 115 cm³/mol. The van der Waals surface area contributed by atoms with Crippen molar-refractivity contribution in [3.63, 3.8) is 0 Å². The van der Waals surface area contributed by atoms with Crippen molar-refractivity contribution in [2.24, 2.45) is 0 Å². The quantitative estimate of drug-likeness (QED) is 0.203. The van der Waals surface area contributed by atoms with Crippen molar-refractivity contribution < 1.29 is 4.48 Å². The van der Waals surface area contributed by atoms with Crippen molar-refractivity contribution in [1.29, 1.82) is 0 Å². The smallest absolute Gasteiger partial charge is 0.0780 e. The fraction of sp³-hybridized carbons (Fsp3) is 1.00. The van der Waals surface area contributed by atoms with Crippen LogP contribution in [0.5, 0.6) is 0 Å². The topological polar surface area (TPSA) is 12.0 Å². The van der Waals surface area contributed by atoms with Crippen LogP contribution in [0.3, 0.4) is 0 Å². The van der Waals surface area contributed by atoms with E-state index in [2.05, 4.69) is 26.5 Å². The van der Waals surface area contributed by atoms with Gasteiger partial charge < -0.3 is 9.80 Å². The zero-order valence-electron chi connectivity index (χ0n) is 17.7. The maximum absolute atomic E-state index is 3.56. The first-order valence-electron chi connectivity index (χ1n) is 11.1. The van der Waals surface area contributed by atoms with Crippen LogP contribution in [-0.4, -0.2) is 55.5 Å². The monoisotopic (exact) mass is 357 g/mol. The fourth-order valence-corrected chi connectivity index (χ4v) is 3.56. The van der Waals surface area contributed by atoms with Gasteiger partial charge in [0.05, 0.1) is 27.7 Å². The SMILES string of the molecule is C[N+](C)(C)CCCCCCCCCCCCCCCNCCC[SiH3]. The Bertz CT molecular complexity index is 238. The van der Waals surface area contributed by atoms with Gasteiger partial charge in [0.25, 0.3) is 0 Å². The van der Waals surface area contributed by atoms with Crippen LogP contribution < -0.4 is 5.32 Å². The number of nitrogens with zero attached hydrogens (tertiary/aromatic N) is 1. The van der Waals surface area contributed by atoms with Crippen LogP contribution in [0.4, 0.5) is 0 Å². The Labute approximate surface area is 157 Å². The molecule has 146 valence electrons. The molecule has 0 saturated heterocycles. The summed E-state index contributed by atoms with van der Waals surface area (Å²) < 4.78 is 1.12. The number of hydrogen-bond donors (Lipinski definition) is 1. The number of quaternary nitrogens is 1. The van der Waals surface area contributed by atoms with E-state index in [0.29, 0.717) is 0 Å². The summed E-state index contributed by atoms with van der Waals surface area (Å²) in [5.41, 5.74) is 0. The van der Waals surface area contributed by atoms with E-state index in [4.69, 9.17) is 0 Å². The van der Waals surface area contributed by atoms with Gasteiger partial charge in [0.15, 0.2) is 0 Å². The van der Waals surface area contributed by atoms with Crippen molar-refractivity contribution >= 4 is 10.2 Å². The predicted octanol–water partition coefficient (Wildman–Crippen LogP) is 4.53. The zero-order chi connectivity index (χ0) is 17.9. The van der Waals surface area contributed by atoms with Gasteiger partial charge in [0.1, 0.15) is 0 Å². The molecule has 0 aromatic heterocycles. The minimum Gasteiger partial charge on any atom is -0.331 e. The van der Waals surface area contributed by atoms with Crippen LogP contribution in [0.15, 0.2) is 0 Å². The second-order valence-corrected chi connectivity index (χ2v) is 9.71. The lowest BCUT2D eigenvalue weighted by molar-refractivity contribution is -0.870. The van der Waals surface area contributed by atoms with Gasteiger partial charge in [0, 0.05) is 10.2 Å². The van der Waals surface area contributed by atoms with Crippen molar-refractivity contribution in [3.05, 3.63) is 0 Å². The van der Waals surface area contributed by atoms with Crippen LogP contribution in [-0.2, 0) is 0 Å². The fourth-order valence-electron chi connectivity index (χ4n) is 3.21. The second-order valence-electron chi connectivity index (χ2n) is 8.71. The van der Waals surface area contributed by atoms with Gasteiger partial charge in [-0.25, -0.2) is 0 Å². The molecule has 0 radical (unpaired) electrons. The third-order valence-electron chi connectivity index (χ3n) is 4.89. The molecule has 0 aliphatic heterocycles. The van der Waals surface area contributed by atoms with E-state index < -0.39 is 0 Å². The Morgan fingerprint density at radius 1 is 0.542 bits per heavy atom. The van der Waals surface area contributed by atoms with Crippen molar-refractivity contribution in [2.75, 3.05) is 40.8 Å². The molecule has 0 aromatic rings. The van der Waals surface area contributed by atoms with Crippen LogP contribution in [0.1, 0.15) is 89.9 Å². The molecule has 0 spiro atoms. The van der Waals surface area contributed by atoms with E-state index in [0.717, 1.165) is 4.48 Å². The second kappa shape index (κ2) is 17.9. The lowest BCUT2D eigenvalue weighted by atomic mass is 10.0. The van der Waals surface area contributed by atoms with Gasteiger partial charge in [0.2, 0.25) is 0 Å². The minimum absolute atomic E-state index is 1.12. The van der Waals surface area contributed by atoms with Gasteiger partial charge in [-0.15, -0.1) is 0 Å². The minimum atomic E-state index is 1.12. The Morgan fingerprint density at radius 3 is 1.33 bits per heavy atom. The van der Waals surface area contributed by atoms with Crippen LogP contribution >= 0.6 is 0 Å². The molecule has 0 aromatic carbocycles. The molecule has 0 aliphatic rings. The third kappa shape index (κ3) is 22.1. The molecule has 3 heteroatoms. The molecule has 0 saturated carbocycles. The van der Waals surface area contributed by atoms with E-state index in [1.54, 1.807) is 0 Å². The molecular weight excluding hydrogens is 308 g/mol. The van der Waals surface area contributed by atoms with Crippen molar-refractivity contribution in [3.8, 4) is 0 Å². The normalized spacial score (nSPS) is 12.1. The molecule has 0 amide bonds. The van der Waals surface area contributed by atoms with Gasteiger partial charge in [-0.3, -0.25) is 0 Å².